The van der Waals surface area contributed by atoms with E-state index < -0.39 is 0 Å². The number of hydrogen-bond donors (Lipinski definition) is 1. The van der Waals surface area contributed by atoms with Crippen molar-refractivity contribution < 1.29 is 4.79 Å². The lowest BCUT2D eigenvalue weighted by Crippen LogP contribution is -2.44. The third-order valence-corrected chi connectivity index (χ3v) is 3.37. The van der Waals surface area contributed by atoms with Gasteiger partial charge in [0, 0.05) is 11.5 Å². The molecular weight excluding hydrogens is 256 g/mol. The molecule has 1 aromatic rings. The molecular formula is C11H13BrN2O. The summed E-state index contributed by atoms with van der Waals surface area (Å²) in [6.07, 6.45) is 0.796. The fraction of sp³-hybridized carbons (Fsp3) is 0.364. The zero-order valence-corrected chi connectivity index (χ0v) is 10.3. The number of anilines is 2. The topological polar surface area (TPSA) is 32.3 Å². The highest BCUT2D eigenvalue weighted by Crippen LogP contribution is 2.36. The Bertz CT molecular complexity index is 406. The number of benzene rings is 1. The summed E-state index contributed by atoms with van der Waals surface area (Å²) in [5, 5.41) is 3.26. The number of nitrogens with one attached hydrogen (secondary N) is 1. The minimum Gasteiger partial charge on any atom is -0.371 e. The number of para-hydroxylation sites is 1. The first-order valence-electron chi connectivity index (χ1n) is 4.97. The SMILES string of the molecule is CCC1Nc2c(Br)cccc2N(C)C1=O. The van der Waals surface area contributed by atoms with Gasteiger partial charge in [0.2, 0.25) is 5.91 Å². The van der Waals surface area contributed by atoms with Crippen LogP contribution in [0, 0.1) is 0 Å². The maximum absolute atomic E-state index is 11.9. The molecule has 2 rings (SSSR count). The summed E-state index contributed by atoms with van der Waals surface area (Å²) in [4.78, 5) is 13.6. The van der Waals surface area contributed by atoms with E-state index in [1.165, 1.54) is 0 Å². The molecule has 0 radical (unpaired) electrons. The van der Waals surface area contributed by atoms with Gasteiger partial charge in [0.15, 0.2) is 0 Å². The summed E-state index contributed by atoms with van der Waals surface area (Å²) in [5.74, 6) is 0.128. The summed E-state index contributed by atoms with van der Waals surface area (Å²) in [5.41, 5.74) is 1.94. The van der Waals surface area contributed by atoms with E-state index in [1.54, 1.807) is 4.90 Å². The maximum atomic E-state index is 11.9. The summed E-state index contributed by atoms with van der Waals surface area (Å²) < 4.78 is 0.998. The van der Waals surface area contributed by atoms with Gasteiger partial charge in [-0.2, -0.15) is 0 Å². The van der Waals surface area contributed by atoms with Crippen LogP contribution in [0.1, 0.15) is 13.3 Å². The highest BCUT2D eigenvalue weighted by atomic mass is 79.9. The average molecular weight is 269 g/mol. The van der Waals surface area contributed by atoms with Crippen LogP contribution < -0.4 is 10.2 Å². The molecule has 1 heterocycles. The number of fused-ring (bicyclic) bond motifs is 1. The van der Waals surface area contributed by atoms with Gasteiger partial charge in [0.1, 0.15) is 6.04 Å². The van der Waals surface area contributed by atoms with Crippen LogP contribution in [0.2, 0.25) is 0 Å². The molecule has 1 unspecified atom stereocenters. The van der Waals surface area contributed by atoms with Crippen molar-refractivity contribution in [1.82, 2.24) is 0 Å². The van der Waals surface area contributed by atoms with E-state index in [0.29, 0.717) is 0 Å². The molecule has 4 heteroatoms. The second-order valence-electron chi connectivity index (χ2n) is 3.64. The fourth-order valence-electron chi connectivity index (χ4n) is 1.80. The summed E-state index contributed by atoms with van der Waals surface area (Å²) in [7, 11) is 1.82. The van der Waals surface area contributed by atoms with E-state index in [2.05, 4.69) is 21.2 Å². The van der Waals surface area contributed by atoms with Crippen molar-refractivity contribution in [3.8, 4) is 0 Å². The van der Waals surface area contributed by atoms with Gasteiger partial charge in [-0.15, -0.1) is 0 Å². The number of likely N-dealkylation sites (N-methyl/N-ethyl adjacent to an activating group) is 1. The molecule has 1 N–H and O–H groups in total. The Morgan fingerprint density at radius 2 is 2.27 bits per heavy atom. The molecule has 3 nitrogen and oxygen atoms in total. The third kappa shape index (κ3) is 1.63. The minimum atomic E-state index is -0.110. The van der Waals surface area contributed by atoms with Crippen LogP contribution in [-0.2, 0) is 4.79 Å². The predicted octanol–water partition coefficient (Wildman–Crippen LogP) is 2.62. The molecule has 80 valence electrons. The lowest BCUT2D eigenvalue weighted by molar-refractivity contribution is -0.119. The number of amides is 1. The Hall–Kier alpha value is -1.03. The van der Waals surface area contributed by atoms with E-state index in [1.807, 2.05) is 32.2 Å². The molecule has 1 aliphatic rings. The molecule has 0 aromatic heterocycles. The zero-order valence-electron chi connectivity index (χ0n) is 8.75. The normalized spacial score (nSPS) is 19.8. The molecule has 15 heavy (non-hydrogen) atoms. The van der Waals surface area contributed by atoms with E-state index in [4.69, 9.17) is 0 Å². The zero-order chi connectivity index (χ0) is 11.0. The molecule has 1 amide bonds. The summed E-state index contributed by atoms with van der Waals surface area (Å²) in [6.45, 7) is 2.01. The second-order valence-corrected chi connectivity index (χ2v) is 4.49. The van der Waals surface area contributed by atoms with Gasteiger partial charge in [-0.3, -0.25) is 4.79 Å². The van der Waals surface area contributed by atoms with Gasteiger partial charge in [-0.1, -0.05) is 13.0 Å². The molecule has 0 spiro atoms. The number of halogens is 1. The molecule has 1 atom stereocenters. The van der Waals surface area contributed by atoms with Crippen LogP contribution in [-0.4, -0.2) is 19.0 Å². The van der Waals surface area contributed by atoms with Crippen LogP contribution in [0.4, 0.5) is 11.4 Å². The largest absolute Gasteiger partial charge is 0.371 e. The minimum absolute atomic E-state index is 0.110. The van der Waals surface area contributed by atoms with Crippen molar-refractivity contribution in [3.05, 3.63) is 22.7 Å². The Kier molecular flexibility index (Phi) is 2.69. The molecule has 1 aromatic carbocycles. The quantitative estimate of drug-likeness (QED) is 0.850. The fourth-order valence-corrected chi connectivity index (χ4v) is 2.27. The first kappa shape index (κ1) is 10.5. The number of carbonyl (C=O) groups is 1. The lowest BCUT2D eigenvalue weighted by atomic mass is 10.1. The predicted molar refractivity (Wildman–Crippen MR) is 65.3 cm³/mol. The Labute approximate surface area is 97.6 Å². The number of rotatable bonds is 1. The van der Waals surface area contributed by atoms with Gasteiger partial charge < -0.3 is 10.2 Å². The van der Waals surface area contributed by atoms with Gasteiger partial charge in [-0.25, -0.2) is 0 Å². The van der Waals surface area contributed by atoms with Crippen LogP contribution >= 0.6 is 15.9 Å². The third-order valence-electron chi connectivity index (χ3n) is 2.71. The smallest absolute Gasteiger partial charge is 0.249 e. The molecule has 0 saturated heterocycles. The van der Waals surface area contributed by atoms with Crippen molar-refractivity contribution in [1.29, 1.82) is 0 Å². The van der Waals surface area contributed by atoms with Gasteiger partial charge in [-0.05, 0) is 34.5 Å². The van der Waals surface area contributed by atoms with E-state index in [0.717, 1.165) is 22.3 Å². The first-order valence-corrected chi connectivity index (χ1v) is 5.77. The monoisotopic (exact) mass is 268 g/mol. The number of hydrogen-bond acceptors (Lipinski definition) is 2. The van der Waals surface area contributed by atoms with E-state index >= 15 is 0 Å². The van der Waals surface area contributed by atoms with Crippen LogP contribution in [0.3, 0.4) is 0 Å². The van der Waals surface area contributed by atoms with Gasteiger partial charge in [0.05, 0.1) is 11.4 Å². The number of carbonyl (C=O) groups excluding carboxylic acids is 1. The van der Waals surface area contributed by atoms with Crippen LogP contribution in [0.15, 0.2) is 22.7 Å². The molecule has 0 fully saturated rings. The Morgan fingerprint density at radius 1 is 1.53 bits per heavy atom. The van der Waals surface area contributed by atoms with Gasteiger partial charge in [0.25, 0.3) is 0 Å². The maximum Gasteiger partial charge on any atom is 0.249 e. The molecule has 1 aliphatic heterocycles. The first-order chi connectivity index (χ1) is 7.15. The lowest BCUT2D eigenvalue weighted by Gasteiger charge is -2.33. The van der Waals surface area contributed by atoms with E-state index in [9.17, 15) is 4.79 Å². The summed E-state index contributed by atoms with van der Waals surface area (Å²) in [6, 6.07) is 5.74. The highest BCUT2D eigenvalue weighted by Gasteiger charge is 2.29. The molecule has 0 aliphatic carbocycles. The molecule has 0 saturated carbocycles. The molecule has 0 bridgehead atoms. The van der Waals surface area contributed by atoms with Crippen LogP contribution in [0.5, 0.6) is 0 Å². The standard InChI is InChI=1S/C11H13BrN2O/c1-3-8-11(15)14(2)9-6-4-5-7(12)10(9)13-8/h4-6,8,13H,3H2,1-2H3. The summed E-state index contributed by atoms with van der Waals surface area (Å²) >= 11 is 3.49. The average Bonchev–Trinajstić information content (AvgIpc) is 2.24. The number of nitrogens with zero attached hydrogens (tertiary/aromatic N) is 1. The Morgan fingerprint density at radius 3 is 2.93 bits per heavy atom. The van der Waals surface area contributed by atoms with Crippen molar-refractivity contribution in [3.63, 3.8) is 0 Å². The second kappa shape index (κ2) is 3.85. The highest BCUT2D eigenvalue weighted by molar-refractivity contribution is 9.10. The van der Waals surface area contributed by atoms with Crippen LogP contribution in [0.25, 0.3) is 0 Å². The van der Waals surface area contributed by atoms with Crippen molar-refractivity contribution in [2.75, 3.05) is 17.3 Å². The van der Waals surface area contributed by atoms with Gasteiger partial charge >= 0.3 is 0 Å². The Balaban J connectivity index is 2.50. The van der Waals surface area contributed by atoms with Crippen molar-refractivity contribution in [2.45, 2.75) is 19.4 Å². The van der Waals surface area contributed by atoms with Crippen molar-refractivity contribution >= 4 is 33.2 Å². The van der Waals surface area contributed by atoms with Crippen molar-refractivity contribution in [2.24, 2.45) is 0 Å². The van der Waals surface area contributed by atoms with E-state index in [-0.39, 0.29) is 11.9 Å².